The molecule has 2 heterocycles. The highest BCUT2D eigenvalue weighted by molar-refractivity contribution is 5.92. The quantitative estimate of drug-likeness (QED) is 0.825. The minimum atomic E-state index is -0.0277. The van der Waals surface area contributed by atoms with Crippen LogP contribution < -0.4 is 10.6 Å². The maximum absolute atomic E-state index is 12.7. The minimum Gasteiger partial charge on any atom is -0.331 e. The second kappa shape index (κ2) is 8.65. The van der Waals surface area contributed by atoms with Crippen LogP contribution in [0.1, 0.15) is 30.1 Å². The summed E-state index contributed by atoms with van der Waals surface area (Å²) in [6.45, 7) is 2.97. The van der Waals surface area contributed by atoms with Gasteiger partial charge in [-0.2, -0.15) is 5.10 Å². The minimum absolute atomic E-state index is 0.0274. The Kier molecular flexibility index (Phi) is 5.80. The van der Waals surface area contributed by atoms with E-state index in [-0.39, 0.29) is 18.0 Å². The van der Waals surface area contributed by atoms with Crippen LogP contribution in [0.3, 0.4) is 0 Å². The summed E-state index contributed by atoms with van der Waals surface area (Å²) in [7, 11) is 1.95. The van der Waals surface area contributed by atoms with E-state index in [0.717, 1.165) is 30.5 Å². The van der Waals surface area contributed by atoms with E-state index in [9.17, 15) is 9.59 Å². The number of para-hydroxylation sites is 1. The molecule has 4 rings (SSSR count). The summed E-state index contributed by atoms with van der Waals surface area (Å²) >= 11 is 0. The predicted molar refractivity (Wildman–Crippen MR) is 111 cm³/mol. The number of anilines is 1. The van der Waals surface area contributed by atoms with Crippen LogP contribution in [-0.2, 0) is 18.3 Å². The topological polar surface area (TPSA) is 82.5 Å². The first-order valence-electron chi connectivity index (χ1n) is 10.2. The molecule has 154 valence electrons. The summed E-state index contributed by atoms with van der Waals surface area (Å²) in [4.78, 5) is 28.9. The maximum atomic E-state index is 12.7. The molecule has 0 radical (unpaired) electrons. The highest BCUT2D eigenvalue weighted by Gasteiger charge is 2.28. The number of piperazine rings is 1. The molecule has 0 bridgehead atoms. The first-order chi connectivity index (χ1) is 14.1. The molecular formula is C21H28N6O2. The number of nitrogens with zero attached hydrogens (tertiary/aromatic N) is 4. The summed E-state index contributed by atoms with van der Waals surface area (Å²) in [6.07, 6.45) is 4.90. The molecular weight excluding hydrogens is 368 g/mol. The third-order valence-electron chi connectivity index (χ3n) is 5.76. The van der Waals surface area contributed by atoms with Gasteiger partial charge in [-0.1, -0.05) is 18.2 Å². The van der Waals surface area contributed by atoms with E-state index in [1.807, 2.05) is 53.2 Å². The molecule has 1 fully saturated rings. The molecule has 2 aliphatic rings. The summed E-state index contributed by atoms with van der Waals surface area (Å²) in [5.41, 5.74) is 3.16. The summed E-state index contributed by atoms with van der Waals surface area (Å²) in [5.74, 6) is -0.0274. The van der Waals surface area contributed by atoms with Gasteiger partial charge in [-0.15, -0.1) is 0 Å². The molecule has 1 aliphatic heterocycles. The van der Waals surface area contributed by atoms with Crippen molar-refractivity contribution in [2.24, 2.45) is 7.05 Å². The van der Waals surface area contributed by atoms with Crippen LogP contribution >= 0.6 is 0 Å². The summed E-state index contributed by atoms with van der Waals surface area (Å²) in [6, 6.07) is 9.47. The summed E-state index contributed by atoms with van der Waals surface area (Å²) < 4.78 is 1.91. The molecule has 2 N–H and O–H groups in total. The Morgan fingerprint density at radius 1 is 1.14 bits per heavy atom. The van der Waals surface area contributed by atoms with Crippen molar-refractivity contribution in [3.8, 4) is 0 Å². The van der Waals surface area contributed by atoms with Gasteiger partial charge in [-0.3, -0.25) is 14.4 Å². The van der Waals surface area contributed by atoms with Gasteiger partial charge in [0.15, 0.2) is 0 Å². The number of amides is 3. The van der Waals surface area contributed by atoms with E-state index < -0.39 is 0 Å². The van der Waals surface area contributed by atoms with Gasteiger partial charge in [-0.25, -0.2) is 4.79 Å². The lowest BCUT2D eigenvalue weighted by Gasteiger charge is -2.35. The molecule has 1 unspecified atom stereocenters. The van der Waals surface area contributed by atoms with Crippen LogP contribution in [0, 0.1) is 0 Å². The van der Waals surface area contributed by atoms with Gasteiger partial charge in [0, 0.05) is 50.2 Å². The van der Waals surface area contributed by atoms with Gasteiger partial charge in [-0.05, 0) is 31.4 Å². The lowest BCUT2D eigenvalue weighted by atomic mass is 9.93. The molecule has 2 aromatic rings. The van der Waals surface area contributed by atoms with Gasteiger partial charge in [0.1, 0.15) is 0 Å². The number of aromatic nitrogens is 2. The smallest absolute Gasteiger partial charge is 0.317 e. The average molecular weight is 396 g/mol. The van der Waals surface area contributed by atoms with Crippen molar-refractivity contribution < 1.29 is 9.59 Å². The molecule has 1 atom stereocenters. The highest BCUT2D eigenvalue weighted by Crippen LogP contribution is 2.29. The Bertz CT molecular complexity index is 857. The number of hydrogen-bond donors (Lipinski definition) is 2. The van der Waals surface area contributed by atoms with Gasteiger partial charge in [0.25, 0.3) is 0 Å². The molecule has 1 aromatic carbocycles. The van der Waals surface area contributed by atoms with Crippen molar-refractivity contribution in [2.75, 3.05) is 38.0 Å². The van der Waals surface area contributed by atoms with Crippen molar-refractivity contribution >= 4 is 17.6 Å². The zero-order chi connectivity index (χ0) is 20.2. The van der Waals surface area contributed by atoms with Crippen LogP contribution in [0.25, 0.3) is 0 Å². The number of carbonyl (C=O) groups excluding carboxylic acids is 2. The van der Waals surface area contributed by atoms with Crippen molar-refractivity contribution in [2.45, 2.75) is 25.3 Å². The number of carbonyl (C=O) groups is 2. The van der Waals surface area contributed by atoms with Gasteiger partial charge in [0.2, 0.25) is 5.91 Å². The van der Waals surface area contributed by atoms with Gasteiger partial charge in [0.05, 0.1) is 18.8 Å². The fourth-order valence-corrected chi connectivity index (χ4v) is 4.13. The average Bonchev–Trinajstić information content (AvgIpc) is 3.11. The third kappa shape index (κ3) is 4.59. The molecule has 1 saturated heterocycles. The van der Waals surface area contributed by atoms with E-state index in [1.54, 1.807) is 0 Å². The fraction of sp³-hybridized carbons (Fsp3) is 0.476. The first-order valence-corrected chi connectivity index (χ1v) is 10.2. The molecule has 1 aromatic heterocycles. The van der Waals surface area contributed by atoms with Crippen molar-refractivity contribution in [1.82, 2.24) is 24.9 Å². The SMILES string of the molecule is Cn1ncc2c1CCCC2NC(=O)N1CCN(CC(=O)Nc2ccccc2)CC1. The van der Waals surface area contributed by atoms with Crippen molar-refractivity contribution in [1.29, 1.82) is 0 Å². The Balaban J connectivity index is 1.24. The molecule has 1 aliphatic carbocycles. The lowest BCUT2D eigenvalue weighted by Crippen LogP contribution is -2.53. The normalized spacial score (nSPS) is 19.5. The Hall–Kier alpha value is -2.87. The number of fused-ring (bicyclic) bond motifs is 1. The Morgan fingerprint density at radius 3 is 2.66 bits per heavy atom. The second-order valence-electron chi connectivity index (χ2n) is 7.74. The number of benzene rings is 1. The lowest BCUT2D eigenvalue weighted by molar-refractivity contribution is -0.117. The molecule has 29 heavy (non-hydrogen) atoms. The summed E-state index contributed by atoms with van der Waals surface area (Å²) in [5, 5.41) is 10.4. The number of hydrogen-bond acceptors (Lipinski definition) is 4. The van der Waals surface area contributed by atoms with Gasteiger partial charge >= 0.3 is 6.03 Å². The molecule has 8 nitrogen and oxygen atoms in total. The second-order valence-corrected chi connectivity index (χ2v) is 7.74. The first kappa shape index (κ1) is 19.4. The largest absolute Gasteiger partial charge is 0.331 e. The van der Waals surface area contributed by atoms with E-state index in [2.05, 4.69) is 20.6 Å². The van der Waals surface area contributed by atoms with Crippen molar-refractivity contribution in [3.63, 3.8) is 0 Å². The molecule has 3 amide bonds. The van der Waals surface area contributed by atoms with E-state index in [1.165, 1.54) is 5.69 Å². The molecule has 0 saturated carbocycles. The van der Waals surface area contributed by atoms with Crippen molar-refractivity contribution in [3.05, 3.63) is 47.8 Å². The van der Waals surface area contributed by atoms with Gasteiger partial charge < -0.3 is 15.5 Å². The van der Waals surface area contributed by atoms with Crippen LogP contribution in [-0.4, -0.2) is 64.2 Å². The van der Waals surface area contributed by atoms with Crippen LogP contribution in [0.15, 0.2) is 36.5 Å². The highest BCUT2D eigenvalue weighted by atomic mass is 16.2. The number of nitrogens with one attached hydrogen (secondary N) is 2. The molecule has 0 spiro atoms. The standard InChI is InChI=1S/C21H28N6O2/c1-25-19-9-5-8-18(17(19)14-22-25)24-21(29)27-12-10-26(11-13-27)15-20(28)23-16-6-3-2-4-7-16/h2-4,6-7,14,18H,5,8-13,15H2,1H3,(H,23,28)(H,24,29). The van der Waals surface area contributed by atoms with Crippen LogP contribution in [0.5, 0.6) is 0 Å². The van der Waals surface area contributed by atoms with Crippen LogP contribution in [0.2, 0.25) is 0 Å². The Labute approximate surface area is 170 Å². The van der Waals surface area contributed by atoms with E-state index in [0.29, 0.717) is 32.7 Å². The zero-order valence-electron chi connectivity index (χ0n) is 16.8. The third-order valence-corrected chi connectivity index (χ3v) is 5.76. The number of urea groups is 1. The maximum Gasteiger partial charge on any atom is 0.317 e. The number of aryl methyl sites for hydroxylation is 1. The molecule has 8 heteroatoms. The Morgan fingerprint density at radius 2 is 1.90 bits per heavy atom. The fourth-order valence-electron chi connectivity index (χ4n) is 4.13. The van der Waals surface area contributed by atoms with E-state index in [4.69, 9.17) is 0 Å². The van der Waals surface area contributed by atoms with E-state index >= 15 is 0 Å². The number of rotatable bonds is 4. The monoisotopic (exact) mass is 396 g/mol. The predicted octanol–water partition coefficient (Wildman–Crippen LogP) is 1.76. The zero-order valence-corrected chi connectivity index (χ0v) is 16.8. The van der Waals surface area contributed by atoms with Crippen LogP contribution in [0.4, 0.5) is 10.5 Å².